The number of carbonyl (C=O) groups is 2. The van der Waals surface area contributed by atoms with Crippen molar-refractivity contribution in [3.8, 4) is 11.1 Å². The molecule has 0 N–H and O–H groups in total. The van der Waals surface area contributed by atoms with Crippen molar-refractivity contribution in [1.29, 1.82) is 0 Å². The van der Waals surface area contributed by atoms with Crippen LogP contribution in [0.5, 0.6) is 0 Å². The molecule has 108 valence electrons. The average molecular weight is 286 g/mol. The number of carbonyl (C=O) groups excluding carboxylic acids is 2. The number of esters is 1. The van der Waals surface area contributed by atoms with Gasteiger partial charge in [-0.3, -0.25) is 9.59 Å². The van der Waals surface area contributed by atoms with E-state index in [4.69, 9.17) is 4.74 Å². The summed E-state index contributed by atoms with van der Waals surface area (Å²) in [5.41, 5.74) is 1.83. The summed E-state index contributed by atoms with van der Waals surface area (Å²) in [5.74, 6) is -1.20. The normalized spacial score (nSPS) is 10.2. The summed E-state index contributed by atoms with van der Waals surface area (Å²) in [5, 5.41) is 0. The Labute approximate surface area is 122 Å². The van der Waals surface area contributed by atoms with Gasteiger partial charge in [-0.05, 0) is 30.2 Å². The smallest absolute Gasteiger partial charge is 0.313 e. The van der Waals surface area contributed by atoms with Crippen LogP contribution in [-0.4, -0.2) is 18.4 Å². The highest BCUT2D eigenvalue weighted by Gasteiger charge is 2.16. The Balaban J connectivity index is 2.30. The van der Waals surface area contributed by atoms with Gasteiger partial charge in [0, 0.05) is 5.56 Å². The molecule has 4 heteroatoms. The van der Waals surface area contributed by atoms with Crippen molar-refractivity contribution in [2.75, 3.05) is 6.61 Å². The second-order valence-electron chi connectivity index (χ2n) is 4.46. The minimum Gasteiger partial charge on any atom is -0.466 e. The zero-order chi connectivity index (χ0) is 15.2. The summed E-state index contributed by atoms with van der Waals surface area (Å²) in [6, 6.07) is 12.8. The van der Waals surface area contributed by atoms with Gasteiger partial charge in [-0.15, -0.1) is 0 Å². The molecule has 3 nitrogen and oxygen atoms in total. The van der Waals surface area contributed by atoms with Crippen LogP contribution in [0.15, 0.2) is 48.5 Å². The Bertz CT molecular complexity index is 647. The molecule has 21 heavy (non-hydrogen) atoms. The number of benzene rings is 2. The monoisotopic (exact) mass is 286 g/mol. The van der Waals surface area contributed by atoms with Crippen LogP contribution in [0, 0.1) is 5.82 Å². The van der Waals surface area contributed by atoms with Crippen LogP contribution in [0.2, 0.25) is 0 Å². The highest BCUT2D eigenvalue weighted by atomic mass is 19.1. The van der Waals surface area contributed by atoms with Gasteiger partial charge in [-0.2, -0.15) is 0 Å². The van der Waals surface area contributed by atoms with E-state index in [0.717, 1.165) is 5.56 Å². The lowest BCUT2D eigenvalue weighted by atomic mass is 9.96. The van der Waals surface area contributed by atoms with Gasteiger partial charge in [-0.25, -0.2) is 4.39 Å². The van der Waals surface area contributed by atoms with Crippen molar-refractivity contribution in [3.63, 3.8) is 0 Å². The Hall–Kier alpha value is -2.49. The first-order valence-corrected chi connectivity index (χ1v) is 6.65. The van der Waals surface area contributed by atoms with E-state index in [1.54, 1.807) is 43.3 Å². The molecule has 0 atom stereocenters. The van der Waals surface area contributed by atoms with E-state index >= 15 is 0 Å². The molecule has 0 fully saturated rings. The van der Waals surface area contributed by atoms with Gasteiger partial charge >= 0.3 is 5.97 Å². The number of ether oxygens (including phenoxy) is 1. The largest absolute Gasteiger partial charge is 0.466 e. The van der Waals surface area contributed by atoms with E-state index in [-0.39, 0.29) is 24.6 Å². The molecule has 0 aliphatic heterocycles. The number of Topliss-reactive ketones (excluding diaryl/α,β-unsaturated/α-hetero) is 1. The van der Waals surface area contributed by atoms with E-state index in [1.165, 1.54) is 12.1 Å². The molecule has 0 aliphatic rings. The number of hydrogen-bond donors (Lipinski definition) is 0. The van der Waals surface area contributed by atoms with Crippen molar-refractivity contribution in [2.45, 2.75) is 13.3 Å². The van der Waals surface area contributed by atoms with Gasteiger partial charge in [0.05, 0.1) is 6.61 Å². The van der Waals surface area contributed by atoms with Crippen molar-refractivity contribution in [3.05, 3.63) is 59.9 Å². The minimum atomic E-state index is -0.545. The molecular weight excluding hydrogens is 271 g/mol. The molecule has 0 heterocycles. The SMILES string of the molecule is CCOC(=O)CC(=O)c1ccccc1-c1ccc(F)cc1. The first kappa shape index (κ1) is 14.9. The maximum Gasteiger partial charge on any atom is 0.313 e. The van der Waals surface area contributed by atoms with Crippen LogP contribution < -0.4 is 0 Å². The Morgan fingerprint density at radius 2 is 1.71 bits per heavy atom. The highest BCUT2D eigenvalue weighted by Crippen LogP contribution is 2.25. The zero-order valence-corrected chi connectivity index (χ0v) is 11.6. The molecule has 2 aromatic rings. The lowest BCUT2D eigenvalue weighted by Crippen LogP contribution is -2.12. The Morgan fingerprint density at radius 3 is 2.38 bits per heavy atom. The molecule has 0 unspecified atom stereocenters. The fraction of sp³-hybridized carbons (Fsp3) is 0.176. The molecule has 0 saturated carbocycles. The third-order valence-corrected chi connectivity index (χ3v) is 2.99. The van der Waals surface area contributed by atoms with E-state index < -0.39 is 5.97 Å². The van der Waals surface area contributed by atoms with Gasteiger partial charge in [0.1, 0.15) is 12.2 Å². The fourth-order valence-corrected chi connectivity index (χ4v) is 2.05. The van der Waals surface area contributed by atoms with Crippen molar-refractivity contribution >= 4 is 11.8 Å². The molecule has 0 bridgehead atoms. The molecule has 0 saturated heterocycles. The standard InChI is InChI=1S/C17H15FO3/c1-2-21-17(20)11-16(19)15-6-4-3-5-14(15)12-7-9-13(18)10-8-12/h3-10H,2,11H2,1H3. The second kappa shape index (κ2) is 6.79. The van der Waals surface area contributed by atoms with Crippen molar-refractivity contribution < 1.29 is 18.7 Å². The maximum atomic E-state index is 13.0. The maximum absolute atomic E-state index is 13.0. The van der Waals surface area contributed by atoms with Crippen LogP contribution in [0.3, 0.4) is 0 Å². The highest BCUT2D eigenvalue weighted by molar-refractivity contribution is 6.09. The Morgan fingerprint density at radius 1 is 1.05 bits per heavy atom. The van der Waals surface area contributed by atoms with Crippen molar-refractivity contribution in [1.82, 2.24) is 0 Å². The quantitative estimate of drug-likeness (QED) is 0.479. The van der Waals surface area contributed by atoms with Gasteiger partial charge < -0.3 is 4.74 Å². The summed E-state index contributed by atoms with van der Waals surface area (Å²) < 4.78 is 17.8. The van der Waals surface area contributed by atoms with Crippen LogP contribution >= 0.6 is 0 Å². The van der Waals surface area contributed by atoms with Crippen LogP contribution in [0.4, 0.5) is 4.39 Å². The summed E-state index contributed by atoms with van der Waals surface area (Å²) >= 11 is 0. The van der Waals surface area contributed by atoms with E-state index in [1.807, 2.05) is 0 Å². The zero-order valence-electron chi connectivity index (χ0n) is 11.6. The van der Waals surface area contributed by atoms with Gasteiger partial charge in [0.25, 0.3) is 0 Å². The fourth-order valence-electron chi connectivity index (χ4n) is 2.05. The summed E-state index contributed by atoms with van der Waals surface area (Å²) in [7, 11) is 0. The molecule has 2 aromatic carbocycles. The molecule has 0 radical (unpaired) electrons. The van der Waals surface area contributed by atoms with Gasteiger partial charge in [0.15, 0.2) is 5.78 Å². The number of rotatable bonds is 5. The van der Waals surface area contributed by atoms with Gasteiger partial charge in [0.2, 0.25) is 0 Å². The minimum absolute atomic E-state index is 0.242. The number of halogens is 1. The van der Waals surface area contributed by atoms with Crippen LogP contribution in [0.1, 0.15) is 23.7 Å². The molecule has 2 rings (SSSR count). The topological polar surface area (TPSA) is 43.4 Å². The molecule has 0 amide bonds. The third kappa shape index (κ3) is 3.75. The lowest BCUT2D eigenvalue weighted by molar-refractivity contribution is -0.141. The lowest BCUT2D eigenvalue weighted by Gasteiger charge is -2.08. The first-order valence-electron chi connectivity index (χ1n) is 6.65. The van der Waals surface area contributed by atoms with Crippen LogP contribution in [0.25, 0.3) is 11.1 Å². The summed E-state index contributed by atoms with van der Waals surface area (Å²) in [6.07, 6.45) is -0.300. The molecule has 0 spiro atoms. The van der Waals surface area contributed by atoms with E-state index in [2.05, 4.69) is 0 Å². The number of hydrogen-bond acceptors (Lipinski definition) is 3. The predicted octanol–water partition coefficient (Wildman–Crippen LogP) is 3.63. The second-order valence-corrected chi connectivity index (χ2v) is 4.46. The summed E-state index contributed by atoms with van der Waals surface area (Å²) in [4.78, 5) is 23.6. The molecular formula is C17H15FO3. The van der Waals surface area contributed by atoms with Crippen molar-refractivity contribution in [2.24, 2.45) is 0 Å². The predicted molar refractivity (Wildman–Crippen MR) is 77.4 cm³/mol. The summed E-state index contributed by atoms with van der Waals surface area (Å²) in [6.45, 7) is 1.93. The molecule has 0 aromatic heterocycles. The number of ketones is 1. The van der Waals surface area contributed by atoms with Gasteiger partial charge in [-0.1, -0.05) is 36.4 Å². The van der Waals surface area contributed by atoms with Crippen LogP contribution in [-0.2, 0) is 9.53 Å². The Kier molecular flexibility index (Phi) is 4.82. The first-order chi connectivity index (χ1) is 10.1. The molecule has 0 aliphatic carbocycles. The van der Waals surface area contributed by atoms with E-state index in [9.17, 15) is 14.0 Å². The van der Waals surface area contributed by atoms with E-state index in [0.29, 0.717) is 11.1 Å². The average Bonchev–Trinajstić information content (AvgIpc) is 2.48. The third-order valence-electron chi connectivity index (χ3n) is 2.99.